The number of nitrogens with zero attached hydrogens (tertiary/aromatic N) is 2. The average Bonchev–Trinajstić information content (AvgIpc) is 2.93. The summed E-state index contributed by atoms with van der Waals surface area (Å²) in [6.07, 6.45) is 8.00. The molecule has 0 aromatic heterocycles. The number of carboxylic acids is 1. The standard InChI is InChI=1S/C28H40N2O5S/c1-5-7-15-28(16-8-6-2)20-30(22-12-10-9-11-13-22)24-18-23(29(3)4)25(35-17-14-27(31)32)19-26(24)36(33,34)21-28/h9-14,17-19,33-34H,5-8,15-16,20-21H2,1-4H3,(H,31,32)/b17-14-. The van der Waals surface area contributed by atoms with Crippen molar-refractivity contribution in [3.8, 4) is 5.75 Å². The van der Waals surface area contributed by atoms with Gasteiger partial charge < -0.3 is 19.6 Å². The second-order valence-corrected chi connectivity index (χ2v) is 11.9. The lowest BCUT2D eigenvalue weighted by atomic mass is 9.79. The third-order valence-electron chi connectivity index (χ3n) is 6.76. The van der Waals surface area contributed by atoms with Gasteiger partial charge >= 0.3 is 5.97 Å². The number of para-hydroxylation sites is 1. The van der Waals surface area contributed by atoms with Crippen LogP contribution >= 0.6 is 10.6 Å². The highest BCUT2D eigenvalue weighted by atomic mass is 32.3. The molecular formula is C28H40N2O5S. The van der Waals surface area contributed by atoms with Crippen molar-refractivity contribution >= 4 is 33.6 Å². The Balaban J connectivity index is 2.24. The fraction of sp³-hybridized carbons (Fsp3) is 0.464. The summed E-state index contributed by atoms with van der Waals surface area (Å²) in [5, 5.41) is 8.98. The smallest absolute Gasteiger partial charge is 0.331 e. The number of aliphatic carboxylic acids is 1. The molecule has 3 N–H and O–H groups in total. The Morgan fingerprint density at radius 3 is 2.31 bits per heavy atom. The zero-order valence-corrected chi connectivity index (χ0v) is 22.6. The number of carboxylic acid groups (broad SMARTS) is 1. The molecule has 0 saturated carbocycles. The first-order valence-electron chi connectivity index (χ1n) is 12.6. The normalized spacial score (nSPS) is 17.3. The van der Waals surface area contributed by atoms with Crippen LogP contribution in [-0.4, -0.2) is 46.6 Å². The van der Waals surface area contributed by atoms with E-state index in [2.05, 4.69) is 30.9 Å². The van der Waals surface area contributed by atoms with E-state index in [4.69, 9.17) is 9.84 Å². The van der Waals surface area contributed by atoms with Crippen LogP contribution in [0.5, 0.6) is 5.75 Å². The molecule has 3 rings (SSSR count). The van der Waals surface area contributed by atoms with E-state index in [9.17, 15) is 13.9 Å². The SMILES string of the molecule is CCCCC1(CCCC)CN(c2ccccc2)c2cc(N(C)C)c(O/C=C\C(=O)O)cc2S(O)(O)C1. The molecule has 0 radical (unpaired) electrons. The Morgan fingerprint density at radius 1 is 1.11 bits per heavy atom. The van der Waals surface area contributed by atoms with Gasteiger partial charge in [-0.1, -0.05) is 57.7 Å². The van der Waals surface area contributed by atoms with E-state index < -0.39 is 16.6 Å². The number of fused-ring (bicyclic) bond motifs is 1. The summed E-state index contributed by atoms with van der Waals surface area (Å²) in [5.74, 6) is -0.451. The van der Waals surface area contributed by atoms with Gasteiger partial charge in [-0.05, 0) is 31.0 Å². The molecule has 0 unspecified atom stereocenters. The van der Waals surface area contributed by atoms with Crippen molar-refractivity contribution < 1.29 is 23.7 Å². The number of benzene rings is 2. The number of anilines is 3. The van der Waals surface area contributed by atoms with Crippen LogP contribution in [0.4, 0.5) is 17.1 Å². The molecule has 0 aliphatic carbocycles. The molecule has 2 aromatic carbocycles. The number of carbonyl (C=O) groups is 1. The summed E-state index contributed by atoms with van der Waals surface area (Å²) in [4.78, 5) is 15.5. The number of ether oxygens (including phenoxy) is 1. The topological polar surface area (TPSA) is 93.5 Å². The van der Waals surface area contributed by atoms with Gasteiger partial charge in [-0.15, -0.1) is 0 Å². The average molecular weight is 517 g/mol. The molecule has 0 bridgehead atoms. The van der Waals surface area contributed by atoms with Crippen LogP contribution < -0.4 is 14.5 Å². The van der Waals surface area contributed by atoms with Gasteiger partial charge in [0, 0.05) is 43.6 Å². The largest absolute Gasteiger partial charge is 0.478 e. The predicted octanol–water partition coefficient (Wildman–Crippen LogP) is 7.36. The molecule has 0 amide bonds. The van der Waals surface area contributed by atoms with Crippen molar-refractivity contribution in [2.45, 2.75) is 57.3 Å². The van der Waals surface area contributed by atoms with Crippen molar-refractivity contribution in [3.05, 3.63) is 54.8 Å². The third-order valence-corrected chi connectivity index (χ3v) is 8.81. The van der Waals surface area contributed by atoms with E-state index in [-0.39, 0.29) is 5.41 Å². The number of hydrogen-bond acceptors (Lipinski definition) is 6. The van der Waals surface area contributed by atoms with Crippen molar-refractivity contribution in [1.82, 2.24) is 0 Å². The van der Waals surface area contributed by atoms with E-state index in [1.807, 2.05) is 43.3 Å². The summed E-state index contributed by atoms with van der Waals surface area (Å²) < 4.78 is 29.1. The van der Waals surface area contributed by atoms with Crippen LogP contribution in [0.25, 0.3) is 0 Å². The second kappa shape index (κ2) is 12.0. The highest BCUT2D eigenvalue weighted by Crippen LogP contribution is 2.62. The minimum absolute atomic E-state index is 0.262. The highest BCUT2D eigenvalue weighted by molar-refractivity contribution is 8.24. The van der Waals surface area contributed by atoms with Gasteiger partial charge in [-0.2, -0.15) is 10.6 Å². The number of unbranched alkanes of at least 4 members (excludes halogenated alkanes) is 2. The van der Waals surface area contributed by atoms with Crippen LogP contribution in [-0.2, 0) is 4.79 Å². The lowest BCUT2D eigenvalue weighted by Gasteiger charge is -2.42. The summed E-state index contributed by atoms with van der Waals surface area (Å²) in [6, 6.07) is 13.7. The van der Waals surface area contributed by atoms with Gasteiger partial charge in [-0.25, -0.2) is 4.79 Å². The Hall–Kier alpha value is -2.68. The Bertz CT molecular complexity index is 1050. The second-order valence-electron chi connectivity index (χ2n) is 9.88. The fourth-order valence-corrected chi connectivity index (χ4v) is 7.15. The van der Waals surface area contributed by atoms with Crippen LogP contribution in [0.3, 0.4) is 0 Å². The molecule has 8 heteroatoms. The molecule has 0 saturated heterocycles. The zero-order valence-electron chi connectivity index (χ0n) is 21.8. The maximum atomic E-state index is 11.7. The first-order chi connectivity index (χ1) is 17.1. The van der Waals surface area contributed by atoms with E-state index in [1.165, 1.54) is 0 Å². The Kier molecular flexibility index (Phi) is 9.33. The van der Waals surface area contributed by atoms with Gasteiger partial charge in [0.15, 0.2) is 5.75 Å². The lowest BCUT2D eigenvalue weighted by Crippen LogP contribution is -2.37. The molecule has 0 atom stereocenters. The Morgan fingerprint density at radius 2 is 1.75 bits per heavy atom. The van der Waals surface area contributed by atoms with E-state index in [0.717, 1.165) is 67.9 Å². The number of rotatable bonds is 11. The van der Waals surface area contributed by atoms with Gasteiger partial charge in [0.05, 0.1) is 28.6 Å². The van der Waals surface area contributed by atoms with Crippen molar-refractivity contribution in [2.24, 2.45) is 5.41 Å². The highest BCUT2D eigenvalue weighted by Gasteiger charge is 2.42. The molecule has 1 heterocycles. The van der Waals surface area contributed by atoms with Gasteiger partial charge in [0.25, 0.3) is 0 Å². The molecule has 36 heavy (non-hydrogen) atoms. The van der Waals surface area contributed by atoms with Gasteiger partial charge in [0.1, 0.15) is 0 Å². The zero-order chi connectivity index (χ0) is 26.3. The maximum Gasteiger partial charge on any atom is 0.331 e. The van der Waals surface area contributed by atoms with Crippen molar-refractivity contribution in [1.29, 1.82) is 0 Å². The molecular weight excluding hydrogens is 476 g/mol. The summed E-state index contributed by atoms with van der Waals surface area (Å²) in [6.45, 7) is 5.03. The van der Waals surface area contributed by atoms with E-state index in [0.29, 0.717) is 22.9 Å². The van der Waals surface area contributed by atoms with E-state index in [1.54, 1.807) is 6.07 Å². The van der Waals surface area contributed by atoms with Crippen LogP contribution in [0.2, 0.25) is 0 Å². The molecule has 7 nitrogen and oxygen atoms in total. The summed E-state index contributed by atoms with van der Waals surface area (Å²) >= 11 is 0. The van der Waals surface area contributed by atoms with Crippen molar-refractivity contribution in [3.63, 3.8) is 0 Å². The van der Waals surface area contributed by atoms with Gasteiger partial charge in [-0.3, -0.25) is 9.11 Å². The molecule has 0 spiro atoms. The van der Waals surface area contributed by atoms with Crippen molar-refractivity contribution in [2.75, 3.05) is 36.2 Å². The first-order valence-corrected chi connectivity index (χ1v) is 14.3. The monoisotopic (exact) mass is 516 g/mol. The lowest BCUT2D eigenvalue weighted by molar-refractivity contribution is -0.131. The molecule has 1 aliphatic rings. The molecule has 2 aromatic rings. The van der Waals surface area contributed by atoms with Crippen LogP contribution in [0.15, 0.2) is 59.7 Å². The quantitative estimate of drug-likeness (QED) is 0.212. The van der Waals surface area contributed by atoms with Crippen LogP contribution in [0, 0.1) is 5.41 Å². The minimum atomic E-state index is -3.17. The number of hydrogen-bond donors (Lipinski definition) is 3. The minimum Gasteiger partial charge on any atom is -0.478 e. The molecule has 1 aliphatic heterocycles. The van der Waals surface area contributed by atoms with Gasteiger partial charge in [0.2, 0.25) is 0 Å². The molecule has 0 fully saturated rings. The van der Waals surface area contributed by atoms with E-state index >= 15 is 0 Å². The molecule has 198 valence electrons. The maximum absolute atomic E-state index is 11.7. The predicted molar refractivity (Wildman–Crippen MR) is 149 cm³/mol. The first kappa shape index (κ1) is 27.9. The third kappa shape index (κ3) is 6.55. The summed E-state index contributed by atoms with van der Waals surface area (Å²) in [7, 11) is 0.583. The summed E-state index contributed by atoms with van der Waals surface area (Å²) in [5.41, 5.74) is 2.20. The fourth-order valence-electron chi connectivity index (χ4n) is 4.96. The van der Waals surface area contributed by atoms with Crippen LogP contribution in [0.1, 0.15) is 52.4 Å². The Labute approximate surface area is 216 Å².